The minimum absolute atomic E-state index is 0.135. The van der Waals surface area contributed by atoms with Gasteiger partial charge in [0.15, 0.2) is 11.5 Å². The van der Waals surface area contributed by atoms with Gasteiger partial charge >= 0.3 is 0 Å². The molecule has 1 N–H and O–H groups in total. The maximum atomic E-state index is 13.4. The second-order valence-electron chi connectivity index (χ2n) is 8.67. The molecule has 0 unspecified atom stereocenters. The lowest BCUT2D eigenvalue weighted by Crippen LogP contribution is -2.36. The molecule has 206 valence electrons. The molecule has 0 radical (unpaired) electrons. The third kappa shape index (κ3) is 7.15. The lowest BCUT2D eigenvalue weighted by atomic mass is 10.0. The highest BCUT2D eigenvalue weighted by Gasteiger charge is 2.36. The van der Waals surface area contributed by atoms with Gasteiger partial charge in [-0.25, -0.2) is 8.78 Å². The van der Waals surface area contributed by atoms with Crippen LogP contribution in [0.25, 0.3) is 6.08 Å². The monoisotopic (exact) mass is 564 g/mol. The van der Waals surface area contributed by atoms with Crippen LogP contribution in [0.5, 0.6) is 11.5 Å². The zero-order chi connectivity index (χ0) is 28.6. The first-order chi connectivity index (χ1) is 19.3. The van der Waals surface area contributed by atoms with Crippen molar-refractivity contribution in [2.24, 2.45) is 0 Å². The lowest BCUT2D eigenvalue weighted by Gasteiger charge is -2.17. The molecule has 1 fully saturated rings. The van der Waals surface area contributed by atoms with E-state index < -0.39 is 29.4 Å². The van der Waals surface area contributed by atoms with E-state index in [4.69, 9.17) is 9.47 Å². The van der Waals surface area contributed by atoms with E-state index >= 15 is 0 Å². The molecule has 1 aliphatic rings. The summed E-state index contributed by atoms with van der Waals surface area (Å²) in [5, 5.41) is 1.88. The van der Waals surface area contributed by atoms with Crippen molar-refractivity contribution in [1.82, 2.24) is 4.90 Å². The number of rotatable bonds is 11. The molecule has 4 rings (SSSR count). The van der Waals surface area contributed by atoms with Crippen LogP contribution in [-0.2, 0) is 22.6 Å². The van der Waals surface area contributed by atoms with E-state index in [0.717, 1.165) is 22.1 Å². The van der Waals surface area contributed by atoms with E-state index in [-0.39, 0.29) is 23.0 Å². The number of nitrogens with zero attached hydrogens (tertiary/aromatic N) is 1. The second-order valence-corrected chi connectivity index (χ2v) is 9.67. The van der Waals surface area contributed by atoms with Crippen molar-refractivity contribution < 1.29 is 32.6 Å². The topological polar surface area (TPSA) is 84.9 Å². The molecule has 0 atom stereocenters. The number of anilines is 1. The van der Waals surface area contributed by atoms with Gasteiger partial charge in [-0.3, -0.25) is 19.3 Å². The zero-order valence-corrected chi connectivity index (χ0v) is 22.4. The molecule has 10 heteroatoms. The van der Waals surface area contributed by atoms with Gasteiger partial charge in [-0.05, 0) is 84.8 Å². The van der Waals surface area contributed by atoms with Gasteiger partial charge in [-0.2, -0.15) is 0 Å². The van der Waals surface area contributed by atoms with Gasteiger partial charge in [-0.1, -0.05) is 24.3 Å². The van der Waals surface area contributed by atoms with Gasteiger partial charge in [0.1, 0.15) is 24.8 Å². The minimum Gasteiger partial charge on any atom is -0.490 e. The summed E-state index contributed by atoms with van der Waals surface area (Å²) >= 11 is 0.714. The first-order valence-electron chi connectivity index (χ1n) is 12.4. The molecule has 1 heterocycles. The van der Waals surface area contributed by atoms with Crippen molar-refractivity contribution in [2.75, 3.05) is 18.5 Å². The number of nitrogens with one attached hydrogen (secondary N) is 1. The average molecular weight is 565 g/mol. The number of amides is 3. The normalized spacial score (nSPS) is 14.0. The fourth-order valence-electron chi connectivity index (χ4n) is 3.93. The minimum atomic E-state index is -0.635. The summed E-state index contributed by atoms with van der Waals surface area (Å²) in [6.07, 6.45) is 3.68. The van der Waals surface area contributed by atoms with Crippen LogP contribution in [0.2, 0.25) is 0 Å². The summed E-state index contributed by atoms with van der Waals surface area (Å²) in [4.78, 5) is 39.0. The number of ether oxygens (including phenoxy) is 2. The highest BCUT2D eigenvalue weighted by molar-refractivity contribution is 8.18. The average Bonchev–Trinajstić information content (AvgIpc) is 3.16. The highest BCUT2D eigenvalue weighted by atomic mass is 32.2. The highest BCUT2D eigenvalue weighted by Crippen LogP contribution is 2.37. The number of carbonyl (C=O) groups excluding carboxylic acids is 3. The Kier molecular flexibility index (Phi) is 9.34. The van der Waals surface area contributed by atoms with E-state index in [1.165, 1.54) is 30.3 Å². The third-order valence-corrected chi connectivity index (χ3v) is 6.60. The summed E-state index contributed by atoms with van der Waals surface area (Å²) in [5.41, 5.74) is 2.31. The Morgan fingerprint density at radius 1 is 1.05 bits per heavy atom. The maximum Gasteiger partial charge on any atom is 0.294 e. The lowest BCUT2D eigenvalue weighted by molar-refractivity contribution is -0.127. The van der Waals surface area contributed by atoms with Gasteiger partial charge < -0.3 is 14.8 Å². The smallest absolute Gasteiger partial charge is 0.294 e. The second kappa shape index (κ2) is 13.1. The van der Waals surface area contributed by atoms with Crippen molar-refractivity contribution >= 4 is 40.6 Å². The number of allylic oxidation sites excluding steroid dienone is 1. The fourth-order valence-corrected chi connectivity index (χ4v) is 4.77. The van der Waals surface area contributed by atoms with E-state index in [0.29, 0.717) is 41.9 Å². The fraction of sp³-hybridized carbons (Fsp3) is 0.167. The first kappa shape index (κ1) is 28.6. The standard InChI is InChI=1S/C30H26F2N2O5S/c1-3-6-21-13-20(14-25(38-4-2)28(21)39-18-19-9-11-22(31)12-10-19)15-26-29(36)34(30(37)40-26)17-27(35)33-24-8-5-7-23(32)16-24/h3,5,7-16H,1,4,6,17-18H2,2H3,(H,33,35)/b26-15+. The van der Waals surface area contributed by atoms with Crippen LogP contribution in [0.1, 0.15) is 23.6 Å². The Labute approximate surface area is 234 Å². The van der Waals surface area contributed by atoms with Crippen LogP contribution in [0.3, 0.4) is 0 Å². The molecule has 3 aromatic rings. The predicted molar refractivity (Wildman–Crippen MR) is 150 cm³/mol. The SMILES string of the molecule is C=CCc1cc(/C=C2/SC(=O)N(CC(=O)Nc3cccc(F)c3)C2=O)cc(OCC)c1OCc1ccc(F)cc1. The van der Waals surface area contributed by atoms with E-state index in [1.54, 1.807) is 36.4 Å². The van der Waals surface area contributed by atoms with Crippen molar-refractivity contribution in [3.63, 3.8) is 0 Å². The summed E-state index contributed by atoms with van der Waals surface area (Å²) in [5.74, 6) is -1.20. The first-order valence-corrected chi connectivity index (χ1v) is 13.2. The quantitative estimate of drug-likeness (QED) is 0.216. The Hall–Kier alpha value is -4.44. The van der Waals surface area contributed by atoms with Crippen LogP contribution in [0, 0.1) is 11.6 Å². The van der Waals surface area contributed by atoms with E-state index in [1.807, 2.05) is 6.92 Å². The zero-order valence-electron chi connectivity index (χ0n) is 21.6. The van der Waals surface area contributed by atoms with Gasteiger partial charge in [-0.15, -0.1) is 6.58 Å². The van der Waals surface area contributed by atoms with Crippen LogP contribution in [-0.4, -0.2) is 35.1 Å². The Morgan fingerprint density at radius 3 is 2.52 bits per heavy atom. The molecule has 0 aromatic heterocycles. The Balaban J connectivity index is 1.54. The number of thioether (sulfide) groups is 1. The van der Waals surface area contributed by atoms with Crippen molar-refractivity contribution in [3.8, 4) is 11.5 Å². The predicted octanol–water partition coefficient (Wildman–Crippen LogP) is 6.35. The molecule has 3 aromatic carbocycles. The molecule has 3 amide bonds. The number of imide groups is 1. The number of hydrogen-bond donors (Lipinski definition) is 1. The van der Waals surface area contributed by atoms with Crippen molar-refractivity contribution in [1.29, 1.82) is 0 Å². The van der Waals surface area contributed by atoms with Crippen LogP contribution < -0.4 is 14.8 Å². The number of halogens is 2. The van der Waals surface area contributed by atoms with Gasteiger partial charge in [0.25, 0.3) is 11.1 Å². The van der Waals surface area contributed by atoms with Crippen molar-refractivity contribution in [2.45, 2.75) is 20.0 Å². The largest absolute Gasteiger partial charge is 0.490 e. The summed E-state index contributed by atoms with van der Waals surface area (Å²) in [7, 11) is 0. The molecule has 40 heavy (non-hydrogen) atoms. The summed E-state index contributed by atoms with van der Waals surface area (Å²) < 4.78 is 38.6. The Morgan fingerprint density at radius 2 is 1.82 bits per heavy atom. The van der Waals surface area contributed by atoms with Gasteiger partial charge in [0.2, 0.25) is 5.91 Å². The van der Waals surface area contributed by atoms with Gasteiger partial charge in [0.05, 0.1) is 11.5 Å². The molecule has 0 aliphatic carbocycles. The van der Waals surface area contributed by atoms with E-state index in [2.05, 4.69) is 11.9 Å². The van der Waals surface area contributed by atoms with Crippen LogP contribution in [0.15, 0.2) is 78.2 Å². The Bertz CT molecular complexity index is 1470. The molecule has 0 saturated carbocycles. The number of hydrogen-bond acceptors (Lipinski definition) is 6. The van der Waals surface area contributed by atoms with Gasteiger partial charge in [0, 0.05) is 11.3 Å². The third-order valence-electron chi connectivity index (χ3n) is 5.70. The van der Waals surface area contributed by atoms with Crippen LogP contribution in [0.4, 0.5) is 19.3 Å². The molecule has 1 saturated heterocycles. The number of carbonyl (C=O) groups is 3. The van der Waals surface area contributed by atoms with E-state index in [9.17, 15) is 23.2 Å². The molecule has 0 spiro atoms. The molecule has 1 aliphatic heterocycles. The molecular weight excluding hydrogens is 538 g/mol. The molecule has 0 bridgehead atoms. The summed E-state index contributed by atoms with van der Waals surface area (Å²) in [6, 6.07) is 14.8. The molecule has 7 nitrogen and oxygen atoms in total. The van der Waals surface area contributed by atoms with Crippen LogP contribution >= 0.6 is 11.8 Å². The van der Waals surface area contributed by atoms with Crippen molar-refractivity contribution in [3.05, 3.63) is 107 Å². The molecular formula is C30H26F2N2O5S. The summed E-state index contributed by atoms with van der Waals surface area (Å²) in [6.45, 7) is 5.65. The maximum absolute atomic E-state index is 13.4. The number of benzene rings is 3.